The minimum Gasteiger partial charge on any atom is -0.339 e. The molecule has 0 aliphatic heterocycles. The van der Waals surface area contributed by atoms with Gasteiger partial charge in [0.15, 0.2) is 0 Å². The van der Waals surface area contributed by atoms with Crippen LogP contribution in [0, 0.1) is 10.1 Å². The number of non-ortho nitro benzene ring substituents is 1. The predicted molar refractivity (Wildman–Crippen MR) is 94.4 cm³/mol. The van der Waals surface area contributed by atoms with Gasteiger partial charge in [-0.2, -0.15) is 0 Å². The van der Waals surface area contributed by atoms with E-state index in [1.54, 1.807) is 42.3 Å². The molecule has 0 fully saturated rings. The van der Waals surface area contributed by atoms with E-state index in [2.05, 4.69) is 0 Å². The summed E-state index contributed by atoms with van der Waals surface area (Å²) in [7, 11) is 1.67. The summed E-state index contributed by atoms with van der Waals surface area (Å²) in [6, 6.07) is 11.0. The fourth-order valence-corrected chi connectivity index (χ4v) is 2.61. The number of hydrogen-bond acceptors (Lipinski definition) is 3. The summed E-state index contributed by atoms with van der Waals surface area (Å²) in [6.07, 6.45) is 0.173. The summed E-state index contributed by atoms with van der Waals surface area (Å²) >= 11 is 11.8. The molecule has 126 valence electrons. The monoisotopic (exact) mass is 366 g/mol. The normalized spacial score (nSPS) is 11.8. The van der Waals surface area contributed by atoms with Crippen molar-refractivity contribution in [3.63, 3.8) is 0 Å². The van der Waals surface area contributed by atoms with Crippen LogP contribution in [0.5, 0.6) is 0 Å². The minimum atomic E-state index is -0.451. The molecule has 7 heteroatoms. The van der Waals surface area contributed by atoms with Crippen LogP contribution in [-0.2, 0) is 11.2 Å². The Balaban J connectivity index is 2.13. The topological polar surface area (TPSA) is 63.5 Å². The Morgan fingerprint density at radius 3 is 2.54 bits per heavy atom. The Bertz CT molecular complexity index is 780. The van der Waals surface area contributed by atoms with Gasteiger partial charge in [-0.1, -0.05) is 41.4 Å². The largest absolute Gasteiger partial charge is 0.339 e. The first kappa shape index (κ1) is 18.2. The molecule has 0 N–H and O–H groups in total. The van der Waals surface area contributed by atoms with E-state index in [0.717, 1.165) is 5.56 Å². The molecule has 0 aliphatic rings. The third-order valence-electron chi connectivity index (χ3n) is 3.88. The van der Waals surface area contributed by atoms with Crippen molar-refractivity contribution in [3.05, 3.63) is 73.8 Å². The SMILES string of the molecule is C[C@H](c1cccc([N+](=O)[O-])c1)N(C)C(=O)Cc1ccc(Cl)c(Cl)c1. The van der Waals surface area contributed by atoms with E-state index >= 15 is 0 Å². The van der Waals surface area contributed by atoms with Gasteiger partial charge in [-0.05, 0) is 30.2 Å². The highest BCUT2D eigenvalue weighted by molar-refractivity contribution is 6.42. The molecule has 0 spiro atoms. The summed E-state index contributed by atoms with van der Waals surface area (Å²) in [5.74, 6) is -0.118. The quantitative estimate of drug-likeness (QED) is 0.570. The van der Waals surface area contributed by atoms with Crippen molar-refractivity contribution in [2.24, 2.45) is 0 Å². The summed E-state index contributed by atoms with van der Waals surface area (Å²) in [4.78, 5) is 24.4. The van der Waals surface area contributed by atoms with Crippen LogP contribution in [0.1, 0.15) is 24.1 Å². The fourth-order valence-electron chi connectivity index (χ4n) is 2.29. The smallest absolute Gasteiger partial charge is 0.269 e. The second-order valence-electron chi connectivity index (χ2n) is 5.46. The first-order valence-electron chi connectivity index (χ1n) is 7.23. The van der Waals surface area contributed by atoms with Crippen molar-refractivity contribution in [2.75, 3.05) is 7.05 Å². The molecule has 0 radical (unpaired) electrons. The van der Waals surface area contributed by atoms with Crippen molar-refractivity contribution in [2.45, 2.75) is 19.4 Å². The Kier molecular flexibility index (Phi) is 5.80. The average Bonchev–Trinajstić information content (AvgIpc) is 2.56. The van der Waals surface area contributed by atoms with Crippen molar-refractivity contribution in [1.29, 1.82) is 0 Å². The lowest BCUT2D eigenvalue weighted by Crippen LogP contribution is -2.31. The number of likely N-dealkylation sites (N-methyl/N-ethyl adjacent to an activating group) is 1. The van der Waals surface area contributed by atoms with E-state index in [9.17, 15) is 14.9 Å². The van der Waals surface area contributed by atoms with Gasteiger partial charge in [-0.15, -0.1) is 0 Å². The number of rotatable bonds is 5. The van der Waals surface area contributed by atoms with Gasteiger partial charge in [0.25, 0.3) is 5.69 Å². The molecule has 24 heavy (non-hydrogen) atoms. The van der Waals surface area contributed by atoms with E-state index in [1.807, 2.05) is 6.92 Å². The van der Waals surface area contributed by atoms with E-state index < -0.39 is 4.92 Å². The summed E-state index contributed by atoms with van der Waals surface area (Å²) < 4.78 is 0. The first-order chi connectivity index (χ1) is 11.3. The molecular weight excluding hydrogens is 351 g/mol. The summed E-state index contributed by atoms with van der Waals surface area (Å²) in [5, 5.41) is 11.7. The number of halogens is 2. The zero-order valence-electron chi connectivity index (χ0n) is 13.2. The highest BCUT2D eigenvalue weighted by Gasteiger charge is 2.19. The van der Waals surface area contributed by atoms with Gasteiger partial charge < -0.3 is 4.90 Å². The molecule has 0 bridgehead atoms. The lowest BCUT2D eigenvalue weighted by Gasteiger charge is -2.25. The van der Waals surface area contributed by atoms with Crippen LogP contribution < -0.4 is 0 Å². The molecule has 0 unspecified atom stereocenters. The summed E-state index contributed by atoms with van der Waals surface area (Å²) in [6.45, 7) is 1.83. The minimum absolute atomic E-state index is 0.00434. The highest BCUT2D eigenvalue weighted by Crippen LogP contribution is 2.25. The van der Waals surface area contributed by atoms with Crippen LogP contribution in [0.4, 0.5) is 5.69 Å². The van der Waals surface area contributed by atoms with Gasteiger partial charge in [0.05, 0.1) is 27.4 Å². The third-order valence-corrected chi connectivity index (χ3v) is 4.62. The van der Waals surface area contributed by atoms with Crippen LogP contribution in [0.3, 0.4) is 0 Å². The Morgan fingerprint density at radius 1 is 1.21 bits per heavy atom. The lowest BCUT2D eigenvalue weighted by molar-refractivity contribution is -0.384. The first-order valence-corrected chi connectivity index (χ1v) is 7.99. The van der Waals surface area contributed by atoms with E-state index in [0.29, 0.717) is 15.6 Å². The molecule has 0 saturated carbocycles. The molecular formula is C17H16Cl2N2O3. The second-order valence-corrected chi connectivity index (χ2v) is 6.27. The molecule has 5 nitrogen and oxygen atoms in total. The number of nitro benzene ring substituents is 1. The second kappa shape index (κ2) is 7.64. The van der Waals surface area contributed by atoms with E-state index in [-0.39, 0.29) is 24.1 Å². The van der Waals surface area contributed by atoms with Crippen molar-refractivity contribution in [1.82, 2.24) is 4.90 Å². The van der Waals surface area contributed by atoms with Crippen LogP contribution in [0.2, 0.25) is 10.0 Å². The van der Waals surface area contributed by atoms with Gasteiger partial charge in [0.2, 0.25) is 5.91 Å². The average molecular weight is 367 g/mol. The molecule has 2 aromatic carbocycles. The van der Waals surface area contributed by atoms with Gasteiger partial charge in [0, 0.05) is 19.2 Å². The van der Waals surface area contributed by atoms with Crippen LogP contribution in [-0.4, -0.2) is 22.8 Å². The van der Waals surface area contributed by atoms with Crippen molar-refractivity contribution >= 4 is 34.8 Å². The molecule has 1 amide bonds. The van der Waals surface area contributed by atoms with Crippen LogP contribution in [0.15, 0.2) is 42.5 Å². The molecule has 0 aliphatic carbocycles. The van der Waals surface area contributed by atoms with Gasteiger partial charge in [-0.3, -0.25) is 14.9 Å². The Morgan fingerprint density at radius 2 is 1.92 bits per heavy atom. The van der Waals surface area contributed by atoms with Gasteiger partial charge >= 0.3 is 0 Å². The number of nitro groups is 1. The maximum atomic E-state index is 12.5. The van der Waals surface area contributed by atoms with Crippen molar-refractivity contribution < 1.29 is 9.72 Å². The zero-order chi connectivity index (χ0) is 17.9. The molecule has 1 atom stereocenters. The maximum Gasteiger partial charge on any atom is 0.269 e. The van der Waals surface area contributed by atoms with Crippen LogP contribution >= 0.6 is 23.2 Å². The number of nitrogens with zero attached hydrogens (tertiary/aromatic N) is 2. The molecule has 0 heterocycles. The van der Waals surface area contributed by atoms with Gasteiger partial charge in [-0.25, -0.2) is 0 Å². The number of carbonyl (C=O) groups excluding carboxylic acids is 1. The maximum absolute atomic E-state index is 12.5. The zero-order valence-corrected chi connectivity index (χ0v) is 14.7. The number of hydrogen-bond donors (Lipinski definition) is 0. The number of carbonyl (C=O) groups is 1. The molecule has 0 aromatic heterocycles. The Hall–Kier alpha value is -2.11. The van der Waals surface area contributed by atoms with Crippen LogP contribution in [0.25, 0.3) is 0 Å². The van der Waals surface area contributed by atoms with Crippen molar-refractivity contribution in [3.8, 4) is 0 Å². The predicted octanol–water partition coefficient (Wildman–Crippen LogP) is 4.66. The fraction of sp³-hybridized carbons (Fsp3) is 0.235. The lowest BCUT2D eigenvalue weighted by atomic mass is 10.1. The number of benzene rings is 2. The standard InChI is InChI=1S/C17H16Cl2N2O3/c1-11(13-4-3-5-14(10-13)21(23)24)20(2)17(22)9-12-6-7-15(18)16(19)8-12/h3-8,10-11H,9H2,1-2H3/t11-/m1/s1. The third kappa shape index (κ3) is 4.24. The Labute approximate surface area is 149 Å². The number of amides is 1. The van der Waals surface area contributed by atoms with E-state index in [4.69, 9.17) is 23.2 Å². The molecule has 2 aromatic rings. The van der Waals surface area contributed by atoms with Gasteiger partial charge in [0.1, 0.15) is 0 Å². The molecule has 2 rings (SSSR count). The highest BCUT2D eigenvalue weighted by atomic mass is 35.5. The summed E-state index contributed by atoms with van der Waals surface area (Å²) in [5.41, 5.74) is 1.46. The molecule has 0 saturated heterocycles. The van der Waals surface area contributed by atoms with E-state index in [1.165, 1.54) is 12.1 Å².